The van der Waals surface area contributed by atoms with E-state index in [1.807, 2.05) is 26.0 Å². The zero-order valence-electron chi connectivity index (χ0n) is 16.8. The molecule has 3 rings (SSSR count). The number of benzene rings is 1. The first-order valence-electron chi connectivity index (χ1n) is 9.28. The van der Waals surface area contributed by atoms with Crippen LogP contribution in [-0.2, 0) is 0 Å². The second kappa shape index (κ2) is 8.27. The van der Waals surface area contributed by atoms with Gasteiger partial charge in [0.2, 0.25) is 5.95 Å². The minimum Gasteiger partial charge on any atom is -0.455 e. The number of halogens is 1. The molecule has 0 saturated carbocycles. The average Bonchev–Trinajstić information content (AvgIpc) is 2.70. The number of anilines is 1. The van der Waals surface area contributed by atoms with Gasteiger partial charge in [0, 0.05) is 22.9 Å². The molecule has 148 valence electrons. The number of aromatic nitrogens is 1. The third-order valence-electron chi connectivity index (χ3n) is 4.77. The van der Waals surface area contributed by atoms with E-state index in [0.717, 1.165) is 11.1 Å². The van der Waals surface area contributed by atoms with E-state index in [2.05, 4.69) is 23.5 Å². The zero-order chi connectivity index (χ0) is 21.1. The average molecular weight is 390 g/mol. The summed E-state index contributed by atoms with van der Waals surface area (Å²) >= 11 is 0. The second-order valence-corrected chi connectivity index (χ2v) is 6.89. The van der Waals surface area contributed by atoms with Crippen LogP contribution in [0.15, 0.2) is 71.1 Å². The van der Waals surface area contributed by atoms with Gasteiger partial charge in [0.1, 0.15) is 11.3 Å². The molecule has 3 aromatic rings. The summed E-state index contributed by atoms with van der Waals surface area (Å²) in [5.74, 6) is -0.139. The second-order valence-electron chi connectivity index (χ2n) is 6.89. The third kappa shape index (κ3) is 3.90. The van der Waals surface area contributed by atoms with Crippen LogP contribution in [0.1, 0.15) is 35.4 Å². The van der Waals surface area contributed by atoms with Crippen LogP contribution < -0.4 is 10.7 Å². The lowest BCUT2D eigenvalue weighted by Crippen LogP contribution is -2.13. The summed E-state index contributed by atoms with van der Waals surface area (Å²) in [6.07, 6.45) is 6.38. The fourth-order valence-corrected chi connectivity index (χ4v) is 3.33. The summed E-state index contributed by atoms with van der Waals surface area (Å²) in [5, 5.41) is 3.61. The molecule has 0 aliphatic rings. The molecule has 0 radical (unpaired) electrons. The quantitative estimate of drug-likeness (QED) is 0.422. The van der Waals surface area contributed by atoms with E-state index >= 15 is 0 Å². The lowest BCUT2D eigenvalue weighted by molar-refractivity contribution is 0.572. The molecular weight excluding hydrogens is 367 g/mol. The lowest BCUT2D eigenvalue weighted by atomic mass is 9.98. The fourth-order valence-electron chi connectivity index (χ4n) is 3.33. The Labute approximate surface area is 169 Å². The Hall–Kier alpha value is -3.47. The van der Waals surface area contributed by atoms with Gasteiger partial charge < -0.3 is 9.73 Å². The Morgan fingerprint density at radius 3 is 2.72 bits per heavy atom. The summed E-state index contributed by atoms with van der Waals surface area (Å²) in [4.78, 5) is 16.7. The van der Waals surface area contributed by atoms with Crippen molar-refractivity contribution in [3.05, 3.63) is 100 Å². The highest BCUT2D eigenvalue weighted by Crippen LogP contribution is 2.31. The molecule has 1 atom stereocenters. The van der Waals surface area contributed by atoms with Crippen LogP contribution >= 0.6 is 0 Å². The van der Waals surface area contributed by atoms with Gasteiger partial charge in [0.25, 0.3) is 0 Å². The topological polar surface area (TPSA) is 55.1 Å². The van der Waals surface area contributed by atoms with Gasteiger partial charge in [-0.1, -0.05) is 37.5 Å². The predicted octanol–water partition coefficient (Wildman–Crippen LogP) is 5.87. The van der Waals surface area contributed by atoms with Crippen LogP contribution in [0, 0.1) is 19.8 Å². The van der Waals surface area contributed by atoms with Gasteiger partial charge in [-0.15, -0.1) is 0 Å². The number of nitrogens with one attached hydrogen (secondary N) is 1. The predicted molar refractivity (Wildman–Crippen MR) is 117 cm³/mol. The van der Waals surface area contributed by atoms with E-state index in [9.17, 15) is 9.18 Å². The Kier molecular flexibility index (Phi) is 5.78. The van der Waals surface area contributed by atoms with Crippen molar-refractivity contribution in [2.45, 2.75) is 26.8 Å². The number of nitrogens with zero attached hydrogens (tertiary/aromatic N) is 1. The number of allylic oxidation sites excluding steroid dienone is 4. The van der Waals surface area contributed by atoms with Crippen LogP contribution in [0.2, 0.25) is 0 Å². The van der Waals surface area contributed by atoms with Crippen molar-refractivity contribution in [3.63, 3.8) is 0 Å². The van der Waals surface area contributed by atoms with Crippen LogP contribution in [0.4, 0.5) is 10.1 Å². The highest BCUT2D eigenvalue weighted by molar-refractivity contribution is 5.85. The first-order valence-corrected chi connectivity index (χ1v) is 9.28. The Morgan fingerprint density at radius 2 is 2.07 bits per heavy atom. The molecule has 1 unspecified atom stereocenters. The minimum absolute atomic E-state index is 0.109. The highest BCUT2D eigenvalue weighted by Gasteiger charge is 2.19. The molecular formula is C24H23FN2O2. The smallest absolute Gasteiger partial charge is 0.236 e. The van der Waals surface area contributed by atoms with Crippen molar-refractivity contribution in [1.29, 1.82) is 0 Å². The van der Waals surface area contributed by atoms with Gasteiger partial charge >= 0.3 is 0 Å². The third-order valence-corrected chi connectivity index (χ3v) is 4.77. The molecule has 0 saturated heterocycles. The molecule has 0 bridgehead atoms. The standard InChI is InChI=1S/C24H23FN2O2/c1-6-9-17(7-2)22-15(4)21(28)19-13-14(3)12-18(23(19)29-22)16(5)27-20-10-8-11-26-24(20)25/h6-13,16,27H,1-2H2,3-5H3/b17-9+. The summed E-state index contributed by atoms with van der Waals surface area (Å²) < 4.78 is 20.2. The van der Waals surface area contributed by atoms with E-state index < -0.39 is 5.95 Å². The molecule has 4 nitrogen and oxygen atoms in total. The first kappa shape index (κ1) is 20.3. The summed E-state index contributed by atoms with van der Waals surface area (Å²) in [5.41, 5.74) is 3.47. The number of hydrogen-bond donors (Lipinski definition) is 1. The monoisotopic (exact) mass is 390 g/mol. The largest absolute Gasteiger partial charge is 0.455 e. The normalized spacial score (nSPS) is 12.6. The highest BCUT2D eigenvalue weighted by atomic mass is 19.1. The van der Waals surface area contributed by atoms with Gasteiger partial charge in [-0.25, -0.2) is 4.98 Å². The van der Waals surface area contributed by atoms with Crippen LogP contribution in [0.25, 0.3) is 16.5 Å². The molecule has 0 amide bonds. The Bertz CT molecular complexity index is 1190. The number of rotatable bonds is 6. The van der Waals surface area contributed by atoms with E-state index in [1.54, 1.807) is 37.3 Å². The Balaban J connectivity index is 2.24. The number of fused-ring (bicyclic) bond motifs is 1. The van der Waals surface area contributed by atoms with Crippen molar-refractivity contribution in [3.8, 4) is 0 Å². The number of hydrogen-bond acceptors (Lipinski definition) is 4. The van der Waals surface area contributed by atoms with Gasteiger partial charge in [-0.05, 0) is 44.5 Å². The lowest BCUT2D eigenvalue weighted by Gasteiger charge is -2.19. The zero-order valence-corrected chi connectivity index (χ0v) is 16.8. The molecule has 29 heavy (non-hydrogen) atoms. The van der Waals surface area contributed by atoms with Crippen molar-refractivity contribution < 1.29 is 8.81 Å². The van der Waals surface area contributed by atoms with Crippen molar-refractivity contribution in [1.82, 2.24) is 4.98 Å². The van der Waals surface area contributed by atoms with Crippen molar-refractivity contribution in [2.24, 2.45) is 0 Å². The van der Waals surface area contributed by atoms with E-state index in [4.69, 9.17) is 4.42 Å². The van der Waals surface area contributed by atoms with E-state index in [1.165, 1.54) is 6.20 Å². The van der Waals surface area contributed by atoms with Gasteiger partial charge in [-0.3, -0.25) is 4.79 Å². The minimum atomic E-state index is -0.586. The number of pyridine rings is 1. The van der Waals surface area contributed by atoms with Crippen molar-refractivity contribution >= 4 is 22.2 Å². The summed E-state index contributed by atoms with van der Waals surface area (Å²) in [7, 11) is 0. The summed E-state index contributed by atoms with van der Waals surface area (Å²) in [6, 6.07) is 6.69. The van der Waals surface area contributed by atoms with Crippen LogP contribution in [0.5, 0.6) is 0 Å². The van der Waals surface area contributed by atoms with E-state index in [0.29, 0.717) is 27.9 Å². The van der Waals surface area contributed by atoms with Gasteiger partial charge in [0.15, 0.2) is 5.43 Å². The molecule has 5 heteroatoms. The van der Waals surface area contributed by atoms with Crippen LogP contribution in [-0.4, -0.2) is 4.98 Å². The maximum absolute atomic E-state index is 14.0. The fraction of sp³-hybridized carbons (Fsp3) is 0.167. The molecule has 2 heterocycles. The van der Waals surface area contributed by atoms with Gasteiger partial charge in [0.05, 0.1) is 17.1 Å². The SMILES string of the molecule is C=C/C=C(\C=C)c1oc2c(C(C)Nc3cccnc3F)cc(C)cc2c(=O)c1C. The molecule has 2 aromatic heterocycles. The maximum atomic E-state index is 14.0. The van der Waals surface area contributed by atoms with Crippen LogP contribution in [0.3, 0.4) is 0 Å². The molecule has 0 aliphatic carbocycles. The van der Waals surface area contributed by atoms with E-state index in [-0.39, 0.29) is 17.2 Å². The molecule has 1 N–H and O–H groups in total. The van der Waals surface area contributed by atoms with Crippen molar-refractivity contribution in [2.75, 3.05) is 5.32 Å². The first-order chi connectivity index (χ1) is 13.9. The number of aryl methyl sites for hydroxylation is 1. The molecule has 0 aliphatic heterocycles. The Morgan fingerprint density at radius 1 is 1.31 bits per heavy atom. The summed E-state index contributed by atoms with van der Waals surface area (Å²) in [6.45, 7) is 13.0. The molecule has 1 aromatic carbocycles. The maximum Gasteiger partial charge on any atom is 0.236 e. The molecule has 0 spiro atoms. The molecule has 0 fully saturated rings. The van der Waals surface area contributed by atoms with Gasteiger partial charge in [-0.2, -0.15) is 4.39 Å².